The van der Waals surface area contributed by atoms with Crippen LogP contribution in [0.2, 0.25) is 0 Å². The summed E-state index contributed by atoms with van der Waals surface area (Å²) in [5, 5.41) is 0. The van der Waals surface area contributed by atoms with E-state index in [0.717, 1.165) is 30.4 Å². The lowest BCUT2D eigenvalue weighted by Gasteiger charge is -2.68. The number of furan rings is 1. The quantitative estimate of drug-likeness (QED) is 0.528. The van der Waals surface area contributed by atoms with Crippen LogP contribution < -0.4 is 0 Å². The standard InChI is InChI=1S/C28H36O6/c1-16(29)33-22-13-19-25(2,3)21(30)8-11-26(19,4)18-7-10-27(5)20(28(18,22)6)14-23(31)34-24(27)17-9-12-32-15-17/h9,12,14-15,18-19,22,24H,7-8,10-11,13H2,1-6H3/t18?,19?,22-,24+,26-,27-,28-/m1/s1. The number of ether oxygens (including phenoxy) is 2. The first-order valence-electron chi connectivity index (χ1n) is 12.5. The summed E-state index contributed by atoms with van der Waals surface area (Å²) in [6.45, 7) is 12.2. The van der Waals surface area contributed by atoms with Gasteiger partial charge < -0.3 is 13.9 Å². The van der Waals surface area contributed by atoms with Crippen LogP contribution in [0.4, 0.5) is 0 Å². The highest BCUT2D eigenvalue weighted by Gasteiger charge is 2.69. The minimum absolute atomic E-state index is 0.0997. The van der Waals surface area contributed by atoms with E-state index in [1.807, 2.05) is 6.07 Å². The summed E-state index contributed by atoms with van der Waals surface area (Å²) < 4.78 is 17.3. The van der Waals surface area contributed by atoms with Gasteiger partial charge in [0.25, 0.3) is 0 Å². The Morgan fingerprint density at radius 1 is 1.09 bits per heavy atom. The van der Waals surface area contributed by atoms with E-state index in [2.05, 4.69) is 34.6 Å². The number of cyclic esters (lactones) is 1. The number of Topliss-reactive ketones (excluding diaryl/α,β-unsaturated/α-hetero) is 1. The van der Waals surface area contributed by atoms with Crippen LogP contribution in [0.15, 0.2) is 34.7 Å². The molecule has 6 nitrogen and oxygen atoms in total. The van der Waals surface area contributed by atoms with E-state index in [-0.39, 0.29) is 29.2 Å². The Hall–Kier alpha value is -2.37. The van der Waals surface area contributed by atoms with E-state index in [1.165, 1.54) is 6.92 Å². The Morgan fingerprint density at radius 3 is 2.47 bits per heavy atom. The van der Waals surface area contributed by atoms with Crippen molar-refractivity contribution in [1.82, 2.24) is 0 Å². The Morgan fingerprint density at radius 2 is 1.82 bits per heavy atom. The third-order valence-corrected chi connectivity index (χ3v) is 10.3. The first kappa shape index (κ1) is 23.4. The van der Waals surface area contributed by atoms with Gasteiger partial charge in [0, 0.05) is 41.2 Å². The van der Waals surface area contributed by atoms with Gasteiger partial charge in [-0.15, -0.1) is 0 Å². The van der Waals surface area contributed by atoms with Crippen molar-refractivity contribution in [2.24, 2.45) is 33.5 Å². The molecule has 34 heavy (non-hydrogen) atoms. The second-order valence-electron chi connectivity index (χ2n) is 12.3. The van der Waals surface area contributed by atoms with Crippen LogP contribution in [0.3, 0.4) is 0 Å². The predicted molar refractivity (Wildman–Crippen MR) is 124 cm³/mol. The molecule has 3 aliphatic carbocycles. The summed E-state index contributed by atoms with van der Waals surface area (Å²) in [5.41, 5.74) is 0.299. The summed E-state index contributed by atoms with van der Waals surface area (Å²) >= 11 is 0. The molecule has 0 saturated heterocycles. The lowest BCUT2D eigenvalue weighted by molar-refractivity contribution is -0.210. The minimum atomic E-state index is -0.540. The lowest BCUT2D eigenvalue weighted by atomic mass is 9.37. The zero-order valence-corrected chi connectivity index (χ0v) is 21.1. The second kappa shape index (κ2) is 7.32. The molecule has 5 rings (SSSR count). The van der Waals surface area contributed by atoms with E-state index in [4.69, 9.17) is 13.9 Å². The number of hydrogen-bond acceptors (Lipinski definition) is 6. The van der Waals surface area contributed by atoms with Crippen LogP contribution in [0.1, 0.15) is 85.3 Å². The molecule has 2 unspecified atom stereocenters. The fraction of sp³-hybridized carbons (Fsp3) is 0.679. The van der Waals surface area contributed by atoms with Gasteiger partial charge in [0.05, 0.1) is 12.5 Å². The van der Waals surface area contributed by atoms with Crippen molar-refractivity contribution < 1.29 is 28.3 Å². The molecule has 4 aliphatic rings. The average Bonchev–Trinajstić information content (AvgIpc) is 3.28. The highest BCUT2D eigenvalue weighted by molar-refractivity contribution is 5.86. The normalized spacial score (nSPS) is 43.1. The molecule has 3 fully saturated rings. The Balaban J connectivity index is 1.68. The summed E-state index contributed by atoms with van der Waals surface area (Å²) in [7, 11) is 0. The van der Waals surface area contributed by atoms with Crippen LogP contribution >= 0.6 is 0 Å². The zero-order valence-electron chi connectivity index (χ0n) is 21.1. The van der Waals surface area contributed by atoms with Gasteiger partial charge in [-0.1, -0.05) is 34.6 Å². The first-order valence-corrected chi connectivity index (χ1v) is 12.5. The molecular weight excluding hydrogens is 432 g/mol. The number of carbonyl (C=O) groups is 3. The van der Waals surface area contributed by atoms with Crippen LogP contribution in [-0.2, 0) is 23.9 Å². The fourth-order valence-electron chi connectivity index (χ4n) is 8.65. The first-order chi connectivity index (χ1) is 15.8. The van der Waals surface area contributed by atoms with Gasteiger partial charge in [0.1, 0.15) is 18.0 Å². The van der Waals surface area contributed by atoms with Gasteiger partial charge in [-0.05, 0) is 54.6 Å². The number of ketones is 1. The van der Waals surface area contributed by atoms with Gasteiger partial charge in [0.15, 0.2) is 0 Å². The van der Waals surface area contributed by atoms with E-state index in [1.54, 1.807) is 18.6 Å². The Bertz CT molecular complexity index is 1070. The van der Waals surface area contributed by atoms with Crippen molar-refractivity contribution in [2.45, 2.75) is 85.9 Å². The number of carbonyl (C=O) groups excluding carboxylic acids is 3. The van der Waals surface area contributed by atoms with E-state index < -0.39 is 28.5 Å². The maximum atomic E-state index is 13.0. The molecule has 1 aromatic rings. The predicted octanol–water partition coefficient (Wildman–Crippen LogP) is 5.57. The van der Waals surface area contributed by atoms with Crippen LogP contribution in [0.5, 0.6) is 0 Å². The molecule has 7 atom stereocenters. The van der Waals surface area contributed by atoms with Crippen molar-refractivity contribution in [3.63, 3.8) is 0 Å². The fourth-order valence-corrected chi connectivity index (χ4v) is 8.65. The molecule has 0 amide bonds. The van der Waals surface area contributed by atoms with E-state index >= 15 is 0 Å². The van der Waals surface area contributed by atoms with Crippen LogP contribution in [0.25, 0.3) is 0 Å². The van der Waals surface area contributed by atoms with Crippen LogP contribution in [-0.4, -0.2) is 23.8 Å². The van der Waals surface area contributed by atoms with E-state index in [9.17, 15) is 14.4 Å². The molecule has 2 heterocycles. The zero-order chi connectivity index (χ0) is 24.7. The average molecular weight is 469 g/mol. The van der Waals surface area contributed by atoms with Gasteiger partial charge in [-0.2, -0.15) is 0 Å². The molecule has 0 bridgehead atoms. The molecule has 0 spiro atoms. The van der Waals surface area contributed by atoms with Gasteiger partial charge in [-0.25, -0.2) is 4.79 Å². The molecule has 0 N–H and O–H groups in total. The Kier molecular flexibility index (Phi) is 5.03. The summed E-state index contributed by atoms with van der Waals surface area (Å²) in [5.74, 6) is -0.124. The monoisotopic (exact) mass is 468 g/mol. The second-order valence-corrected chi connectivity index (χ2v) is 12.3. The molecule has 0 radical (unpaired) electrons. The van der Waals surface area contributed by atoms with Gasteiger partial charge in [-0.3, -0.25) is 9.59 Å². The SMILES string of the molecule is CC(=O)O[C@@H]1CC2C(C)(C)C(=O)CC[C@]2(C)C2CC[C@]3(C)C(=CC(=O)O[C@H]3c3ccoc3)[C@@]21C. The number of fused-ring (bicyclic) bond motifs is 5. The van der Waals surface area contributed by atoms with Gasteiger partial charge in [0.2, 0.25) is 0 Å². The molecule has 0 aromatic carbocycles. The summed E-state index contributed by atoms with van der Waals surface area (Å²) in [6, 6.07) is 1.86. The maximum Gasteiger partial charge on any atom is 0.331 e. The van der Waals surface area contributed by atoms with Crippen LogP contribution in [0, 0.1) is 33.5 Å². The highest BCUT2D eigenvalue weighted by atomic mass is 16.6. The number of esters is 2. The lowest BCUT2D eigenvalue weighted by Crippen LogP contribution is -2.66. The van der Waals surface area contributed by atoms with Crippen molar-refractivity contribution >= 4 is 17.7 Å². The minimum Gasteiger partial charge on any atom is -0.472 e. The number of hydrogen-bond donors (Lipinski definition) is 0. The van der Waals surface area contributed by atoms with Crippen molar-refractivity contribution in [3.8, 4) is 0 Å². The smallest absolute Gasteiger partial charge is 0.331 e. The van der Waals surface area contributed by atoms with E-state index in [0.29, 0.717) is 18.6 Å². The van der Waals surface area contributed by atoms with Crippen molar-refractivity contribution in [3.05, 3.63) is 35.8 Å². The molecule has 6 heteroatoms. The maximum absolute atomic E-state index is 13.0. The topological polar surface area (TPSA) is 82.8 Å². The van der Waals surface area contributed by atoms with Crippen molar-refractivity contribution in [2.75, 3.05) is 0 Å². The number of rotatable bonds is 2. The highest BCUT2D eigenvalue weighted by Crippen LogP contribution is 2.72. The molecule has 1 aliphatic heterocycles. The molecule has 3 saturated carbocycles. The molecule has 184 valence electrons. The molecule has 1 aromatic heterocycles. The largest absolute Gasteiger partial charge is 0.472 e. The third kappa shape index (κ3) is 2.96. The Labute approximate surface area is 201 Å². The van der Waals surface area contributed by atoms with Crippen molar-refractivity contribution in [1.29, 1.82) is 0 Å². The summed E-state index contributed by atoms with van der Waals surface area (Å²) in [4.78, 5) is 38.3. The molecular formula is C28H36O6. The van der Waals surface area contributed by atoms with Gasteiger partial charge >= 0.3 is 11.9 Å². The summed E-state index contributed by atoms with van der Waals surface area (Å²) in [6.07, 6.45) is 7.81. The third-order valence-electron chi connectivity index (χ3n) is 10.3.